The fraction of sp³-hybridized carbons (Fsp3) is 0.0625. The number of carbonyl (C=O) groups is 1. The molecule has 5 heteroatoms. The molecule has 2 aliphatic rings. The zero-order chi connectivity index (χ0) is 14.0. The molecule has 0 aromatic carbocycles. The largest absolute Gasteiger partial charge is 2.00 e. The van der Waals surface area contributed by atoms with Crippen molar-refractivity contribution in [3.63, 3.8) is 0 Å². The molecule has 0 unspecified atom stereocenters. The van der Waals surface area contributed by atoms with E-state index < -0.39 is 0 Å². The van der Waals surface area contributed by atoms with E-state index in [0.717, 1.165) is 5.92 Å². The summed E-state index contributed by atoms with van der Waals surface area (Å²) < 4.78 is 0. The molecule has 10 radical (unpaired) electrons. The molecule has 2 fully saturated rings. The molecule has 1 aromatic rings. The van der Waals surface area contributed by atoms with Crippen molar-refractivity contribution in [3.05, 3.63) is 88.0 Å². The van der Waals surface area contributed by atoms with Gasteiger partial charge in [0, 0.05) is 24.9 Å². The van der Waals surface area contributed by atoms with E-state index in [9.17, 15) is 4.79 Å². The Morgan fingerprint density at radius 2 is 1.57 bits per heavy atom. The van der Waals surface area contributed by atoms with E-state index in [1.165, 1.54) is 18.6 Å². The van der Waals surface area contributed by atoms with Crippen molar-refractivity contribution >= 4 is 5.91 Å². The molecule has 1 aromatic heterocycles. The van der Waals surface area contributed by atoms with Crippen LogP contribution in [0, 0.1) is 63.7 Å². The molecule has 3 rings (SSSR count). The summed E-state index contributed by atoms with van der Waals surface area (Å²) in [6.07, 6.45) is 22.3. The topological polar surface area (TPSA) is 54.9 Å². The van der Waals surface area contributed by atoms with Crippen LogP contribution in [0.4, 0.5) is 0 Å². The van der Waals surface area contributed by atoms with Gasteiger partial charge in [0.25, 0.3) is 5.91 Å². The molecule has 106 valence electrons. The first-order valence-electron chi connectivity index (χ1n) is 6.28. The summed E-state index contributed by atoms with van der Waals surface area (Å²) in [5, 5.41) is 2.76. The number of carbonyl (C=O) groups excluding carboxylic acids is 1. The Morgan fingerprint density at radius 3 is 2.10 bits per heavy atom. The maximum atomic E-state index is 11.5. The number of hydrogen-bond donors (Lipinski definition) is 1. The van der Waals surface area contributed by atoms with Crippen LogP contribution >= 0.6 is 0 Å². The number of amides is 1. The molecule has 1 heterocycles. The van der Waals surface area contributed by atoms with Crippen LogP contribution < -0.4 is 5.32 Å². The van der Waals surface area contributed by atoms with Gasteiger partial charge in [0.15, 0.2) is 0 Å². The molecule has 0 bridgehead atoms. The zero-order valence-electron chi connectivity index (χ0n) is 11.3. The van der Waals surface area contributed by atoms with Gasteiger partial charge in [-0.05, 0) is 57.8 Å². The number of rotatable bonds is 3. The summed E-state index contributed by atoms with van der Waals surface area (Å²) in [6, 6.07) is 0. The van der Waals surface area contributed by atoms with Gasteiger partial charge in [-0.15, -0.1) is 0 Å². The minimum atomic E-state index is -0.204. The third-order valence-corrected chi connectivity index (χ3v) is 2.54. The second-order valence-corrected chi connectivity index (χ2v) is 4.03. The summed E-state index contributed by atoms with van der Waals surface area (Å²) in [5.41, 5.74) is 0.337. The van der Waals surface area contributed by atoms with Crippen molar-refractivity contribution in [1.29, 1.82) is 0 Å². The quantitative estimate of drug-likeness (QED) is 0.861. The molecule has 0 aliphatic heterocycles. The Bertz CT molecular complexity index is 382. The maximum absolute atomic E-state index is 11.5. The Morgan fingerprint density at radius 1 is 0.952 bits per heavy atom. The summed E-state index contributed by atoms with van der Waals surface area (Å²) >= 11 is 0. The Kier molecular flexibility index (Phi) is 9.27. The monoisotopic (exact) mass is 321 g/mol. The summed E-state index contributed by atoms with van der Waals surface area (Å²) in [4.78, 5) is 19.3. The first-order chi connectivity index (χ1) is 9.86. The van der Waals surface area contributed by atoms with E-state index in [1.54, 1.807) is 0 Å². The minimum Gasteiger partial charge on any atom is -0.350 e. The summed E-state index contributed by atoms with van der Waals surface area (Å²) in [5.74, 6) is 0.872. The Balaban J connectivity index is 0.000000313. The molecule has 0 spiro atoms. The molecule has 0 atom stereocenters. The van der Waals surface area contributed by atoms with Crippen LogP contribution in [0.5, 0.6) is 0 Å². The number of aromatic nitrogens is 2. The standard InChI is InChI=1S/C11H10N3O.C5H5.Fe/c15-11(10-8-12-5-6-13-10)14-7-9-3-1-2-4-9;1-2-4-5-3-1;/h1-6,8H,7H2,(H,14,15);1-5H;/q;;+2. The molecule has 21 heavy (non-hydrogen) atoms. The van der Waals surface area contributed by atoms with Crippen molar-refractivity contribution in [3.8, 4) is 0 Å². The van der Waals surface area contributed by atoms with Crippen LogP contribution in [0.2, 0.25) is 0 Å². The fourth-order valence-corrected chi connectivity index (χ4v) is 1.54. The van der Waals surface area contributed by atoms with Crippen LogP contribution in [-0.4, -0.2) is 22.4 Å². The average Bonchev–Trinajstić information content (AvgIpc) is 3.21. The average molecular weight is 321 g/mol. The molecule has 2 saturated carbocycles. The first kappa shape index (κ1) is 18.1. The molecule has 1 N–H and O–H groups in total. The van der Waals surface area contributed by atoms with Crippen molar-refractivity contribution in [2.24, 2.45) is 0 Å². The van der Waals surface area contributed by atoms with E-state index in [2.05, 4.69) is 15.3 Å². The molecule has 4 nitrogen and oxygen atoms in total. The van der Waals surface area contributed by atoms with Crippen molar-refractivity contribution in [2.45, 2.75) is 0 Å². The van der Waals surface area contributed by atoms with Crippen LogP contribution in [0.15, 0.2) is 18.6 Å². The Labute approximate surface area is 138 Å². The predicted octanol–water partition coefficient (Wildman–Crippen LogP) is 1.63. The molecule has 2 aliphatic carbocycles. The number of hydrogen-bond acceptors (Lipinski definition) is 3. The smallest absolute Gasteiger partial charge is 0.350 e. The van der Waals surface area contributed by atoms with E-state index >= 15 is 0 Å². The summed E-state index contributed by atoms with van der Waals surface area (Å²) in [6.45, 7) is 0.516. The minimum absolute atomic E-state index is 0. The fourth-order valence-electron chi connectivity index (χ4n) is 1.54. The second kappa shape index (κ2) is 10.7. The van der Waals surface area contributed by atoms with Gasteiger partial charge in [0.05, 0.1) is 6.20 Å². The SMILES string of the molecule is O=C(NC[C]1[CH][CH][CH][CH]1)c1cnccn1.[CH]1[CH][CH][CH][CH]1.[Fe+2]. The third-order valence-electron chi connectivity index (χ3n) is 2.54. The van der Waals surface area contributed by atoms with Crippen LogP contribution in [0.3, 0.4) is 0 Å². The predicted molar refractivity (Wildman–Crippen MR) is 76.3 cm³/mol. The zero-order valence-corrected chi connectivity index (χ0v) is 12.4. The van der Waals surface area contributed by atoms with Gasteiger partial charge in [-0.2, -0.15) is 0 Å². The first-order valence-corrected chi connectivity index (χ1v) is 6.28. The summed E-state index contributed by atoms with van der Waals surface area (Å²) in [7, 11) is 0. The molecule has 1 amide bonds. The third kappa shape index (κ3) is 7.05. The van der Waals surface area contributed by atoms with Gasteiger partial charge in [0.2, 0.25) is 0 Å². The number of nitrogens with one attached hydrogen (secondary N) is 1. The van der Waals surface area contributed by atoms with Gasteiger partial charge in [-0.1, -0.05) is 0 Å². The molecule has 0 saturated heterocycles. The maximum Gasteiger partial charge on any atom is 2.00 e. The van der Waals surface area contributed by atoms with Gasteiger partial charge in [0.1, 0.15) is 5.69 Å². The van der Waals surface area contributed by atoms with Gasteiger partial charge < -0.3 is 5.32 Å². The van der Waals surface area contributed by atoms with Gasteiger partial charge in [-0.25, -0.2) is 4.98 Å². The van der Waals surface area contributed by atoms with Crippen molar-refractivity contribution < 1.29 is 21.9 Å². The van der Waals surface area contributed by atoms with Gasteiger partial charge >= 0.3 is 17.1 Å². The van der Waals surface area contributed by atoms with Crippen LogP contribution in [-0.2, 0) is 17.1 Å². The van der Waals surface area contributed by atoms with E-state index in [1.807, 2.05) is 57.8 Å². The van der Waals surface area contributed by atoms with E-state index in [4.69, 9.17) is 0 Å². The van der Waals surface area contributed by atoms with E-state index in [0.29, 0.717) is 12.2 Å². The van der Waals surface area contributed by atoms with Crippen LogP contribution in [0.25, 0.3) is 0 Å². The molecular formula is C16H15FeN3O+2. The number of nitrogens with zero attached hydrogens (tertiary/aromatic N) is 2. The Hall–Kier alpha value is -0.931. The van der Waals surface area contributed by atoms with E-state index in [-0.39, 0.29) is 23.0 Å². The van der Waals surface area contributed by atoms with Crippen molar-refractivity contribution in [1.82, 2.24) is 15.3 Å². The second-order valence-electron chi connectivity index (χ2n) is 4.03. The van der Waals surface area contributed by atoms with Crippen molar-refractivity contribution in [2.75, 3.05) is 6.54 Å². The molecular weight excluding hydrogens is 306 g/mol. The van der Waals surface area contributed by atoms with Crippen LogP contribution in [0.1, 0.15) is 10.5 Å². The van der Waals surface area contributed by atoms with Gasteiger partial charge in [-0.3, -0.25) is 9.78 Å². The normalized spacial score (nSPS) is 17.5.